The molecule has 0 aromatic heterocycles. The number of carbonyl (C=O) groups is 1. The van der Waals surface area contributed by atoms with Gasteiger partial charge in [0.1, 0.15) is 4.87 Å². The van der Waals surface area contributed by atoms with E-state index in [9.17, 15) is 4.79 Å². The molecule has 2 unspecified atom stereocenters. The number of halogens is 4. The molecular weight excluding hydrogens is 298 g/mol. The van der Waals surface area contributed by atoms with E-state index in [0.717, 1.165) is 12.8 Å². The molecule has 3 nitrogen and oxygen atoms in total. The van der Waals surface area contributed by atoms with Crippen LogP contribution in [0, 0.1) is 0 Å². The highest BCUT2D eigenvalue weighted by Gasteiger charge is 2.71. The predicted octanol–water partition coefficient (Wildman–Crippen LogP) is 3.38. The Morgan fingerprint density at radius 2 is 1.94 bits per heavy atom. The Hall–Kier alpha value is 0.590. The van der Waals surface area contributed by atoms with Crippen molar-refractivity contribution >= 4 is 52.4 Å². The number of ether oxygens (including phenoxy) is 1. The molecule has 1 N–H and O–H groups in total. The monoisotopic (exact) mass is 308 g/mol. The molecule has 1 aliphatic rings. The summed E-state index contributed by atoms with van der Waals surface area (Å²) < 4.78 is 3.13. The second-order valence-electron chi connectivity index (χ2n) is 3.83. The van der Waals surface area contributed by atoms with Crippen molar-refractivity contribution in [2.45, 2.75) is 40.5 Å². The van der Waals surface area contributed by atoms with Crippen molar-refractivity contribution in [2.75, 3.05) is 6.61 Å². The average molecular weight is 310 g/mol. The Kier molecular flexibility index (Phi) is 4.30. The minimum atomic E-state index is -2.19. The first-order valence-electron chi connectivity index (χ1n) is 4.84. The van der Waals surface area contributed by atoms with Crippen LogP contribution in [0.1, 0.15) is 26.2 Å². The summed E-state index contributed by atoms with van der Waals surface area (Å²) in [5.74, 6) is -1.43. The standard InChI is InChI=1S/C9H12Cl4O3/c1-2-3-4-7(10)5-16-8(11,6(14)15)9(7,12)13/h2-5H2,1H3,(H,14,15). The summed E-state index contributed by atoms with van der Waals surface area (Å²) in [7, 11) is 0. The zero-order chi connectivity index (χ0) is 12.6. The maximum Gasteiger partial charge on any atom is 0.355 e. The minimum Gasteiger partial charge on any atom is -0.478 e. The molecule has 1 aliphatic heterocycles. The third-order valence-electron chi connectivity index (χ3n) is 2.67. The number of hydrogen-bond donors (Lipinski definition) is 1. The highest BCUT2D eigenvalue weighted by Crippen LogP contribution is 2.58. The lowest BCUT2D eigenvalue weighted by Gasteiger charge is -2.34. The van der Waals surface area contributed by atoms with Crippen molar-refractivity contribution in [3.05, 3.63) is 0 Å². The highest BCUT2D eigenvalue weighted by atomic mass is 35.5. The maximum absolute atomic E-state index is 11.0. The van der Waals surface area contributed by atoms with Crippen LogP contribution in [-0.4, -0.2) is 32.0 Å². The molecule has 0 spiro atoms. The van der Waals surface area contributed by atoms with Crippen molar-refractivity contribution in [1.82, 2.24) is 0 Å². The molecule has 0 saturated carbocycles. The van der Waals surface area contributed by atoms with Crippen molar-refractivity contribution in [3.8, 4) is 0 Å². The van der Waals surface area contributed by atoms with Crippen molar-refractivity contribution in [1.29, 1.82) is 0 Å². The molecule has 16 heavy (non-hydrogen) atoms. The lowest BCUT2D eigenvalue weighted by Crippen LogP contribution is -2.53. The van der Waals surface area contributed by atoms with Gasteiger partial charge >= 0.3 is 5.97 Å². The van der Waals surface area contributed by atoms with E-state index < -0.39 is 20.2 Å². The summed E-state index contributed by atoms with van der Waals surface area (Å²) in [6, 6.07) is 0. The highest BCUT2D eigenvalue weighted by molar-refractivity contribution is 6.60. The van der Waals surface area contributed by atoms with Crippen LogP contribution in [0.5, 0.6) is 0 Å². The SMILES string of the molecule is CCCCC1(Cl)COC(Cl)(C(=O)O)C1(Cl)Cl. The van der Waals surface area contributed by atoms with Crippen LogP contribution in [0.2, 0.25) is 0 Å². The third kappa shape index (κ3) is 2.01. The Morgan fingerprint density at radius 3 is 2.31 bits per heavy atom. The lowest BCUT2D eigenvalue weighted by atomic mass is 9.96. The van der Waals surface area contributed by atoms with Gasteiger partial charge in [0.2, 0.25) is 0 Å². The van der Waals surface area contributed by atoms with Gasteiger partial charge in [0.25, 0.3) is 5.06 Å². The van der Waals surface area contributed by atoms with Crippen molar-refractivity contribution in [2.24, 2.45) is 0 Å². The Morgan fingerprint density at radius 1 is 1.38 bits per heavy atom. The quantitative estimate of drug-likeness (QED) is 0.810. The topological polar surface area (TPSA) is 46.5 Å². The number of unbranched alkanes of at least 4 members (excludes halogenated alkanes) is 1. The second kappa shape index (κ2) is 4.69. The molecule has 0 aromatic carbocycles. The predicted molar refractivity (Wildman–Crippen MR) is 64.7 cm³/mol. The molecule has 1 fully saturated rings. The zero-order valence-corrected chi connectivity index (χ0v) is 11.6. The fourth-order valence-electron chi connectivity index (χ4n) is 1.57. The number of rotatable bonds is 4. The summed E-state index contributed by atoms with van der Waals surface area (Å²) in [6.45, 7) is 1.89. The van der Waals surface area contributed by atoms with Crippen LogP contribution >= 0.6 is 46.4 Å². The van der Waals surface area contributed by atoms with Crippen molar-refractivity contribution in [3.63, 3.8) is 0 Å². The van der Waals surface area contributed by atoms with Crippen molar-refractivity contribution < 1.29 is 14.6 Å². The van der Waals surface area contributed by atoms with Crippen LogP contribution in [0.25, 0.3) is 0 Å². The molecule has 0 amide bonds. The summed E-state index contributed by atoms with van der Waals surface area (Å²) in [4.78, 5) is 9.84. The molecule has 0 aromatic rings. The molecule has 1 heterocycles. The van der Waals surface area contributed by atoms with E-state index in [4.69, 9.17) is 56.2 Å². The van der Waals surface area contributed by atoms with Gasteiger partial charge in [0.15, 0.2) is 4.33 Å². The van der Waals surface area contributed by atoms with Crippen LogP contribution in [0.15, 0.2) is 0 Å². The van der Waals surface area contributed by atoms with E-state index in [2.05, 4.69) is 0 Å². The normalized spacial score (nSPS) is 37.6. The van der Waals surface area contributed by atoms with Gasteiger partial charge in [-0.25, -0.2) is 4.79 Å². The number of carboxylic acid groups (broad SMARTS) is 1. The fraction of sp³-hybridized carbons (Fsp3) is 0.889. The number of alkyl halides is 4. The summed E-state index contributed by atoms with van der Waals surface area (Å²) >= 11 is 24.0. The van der Waals surface area contributed by atoms with Crippen LogP contribution in [0.3, 0.4) is 0 Å². The van der Waals surface area contributed by atoms with E-state index in [1.165, 1.54) is 0 Å². The van der Waals surface area contributed by atoms with Gasteiger partial charge in [-0.15, -0.1) is 11.6 Å². The maximum atomic E-state index is 11.0. The minimum absolute atomic E-state index is 0.0860. The van der Waals surface area contributed by atoms with Gasteiger partial charge in [0.05, 0.1) is 6.61 Å². The molecule has 2 atom stereocenters. The van der Waals surface area contributed by atoms with Gasteiger partial charge in [-0.2, -0.15) is 0 Å². The summed E-state index contributed by atoms with van der Waals surface area (Å²) in [5, 5.41) is 6.79. The Bertz CT molecular complexity index is 296. The largest absolute Gasteiger partial charge is 0.478 e. The van der Waals surface area contributed by atoms with E-state index in [0.29, 0.717) is 6.42 Å². The summed E-state index contributed by atoms with van der Waals surface area (Å²) in [6.07, 6.45) is 2.10. The zero-order valence-electron chi connectivity index (χ0n) is 8.60. The van der Waals surface area contributed by atoms with Gasteiger partial charge in [-0.1, -0.05) is 54.6 Å². The van der Waals surface area contributed by atoms with E-state index >= 15 is 0 Å². The van der Waals surface area contributed by atoms with Gasteiger partial charge in [-0.3, -0.25) is 0 Å². The fourth-order valence-corrected chi connectivity index (χ4v) is 2.74. The molecule has 1 saturated heterocycles. The van der Waals surface area contributed by atoms with Gasteiger partial charge in [0, 0.05) is 0 Å². The second-order valence-corrected chi connectivity index (χ2v) is 6.42. The molecule has 7 heteroatoms. The number of aliphatic carboxylic acids is 1. The first-order chi connectivity index (χ1) is 7.21. The van der Waals surface area contributed by atoms with E-state index in [1.54, 1.807) is 0 Å². The van der Waals surface area contributed by atoms with Gasteiger partial charge < -0.3 is 9.84 Å². The average Bonchev–Trinajstić information content (AvgIpc) is 2.38. The first kappa shape index (κ1) is 14.7. The molecular formula is C9H12Cl4O3. The Labute approximate surface area is 114 Å². The van der Waals surface area contributed by atoms with E-state index in [-0.39, 0.29) is 6.61 Å². The smallest absolute Gasteiger partial charge is 0.355 e. The number of carboxylic acids is 1. The third-order valence-corrected chi connectivity index (χ3v) is 5.45. The Balaban J connectivity index is 2.99. The summed E-state index contributed by atoms with van der Waals surface area (Å²) in [5.41, 5.74) is 0. The van der Waals surface area contributed by atoms with Crippen LogP contribution < -0.4 is 0 Å². The molecule has 0 radical (unpaired) electrons. The number of hydrogen-bond acceptors (Lipinski definition) is 2. The molecule has 0 bridgehead atoms. The van der Waals surface area contributed by atoms with Crippen LogP contribution in [-0.2, 0) is 9.53 Å². The molecule has 1 rings (SSSR count). The molecule has 94 valence electrons. The van der Waals surface area contributed by atoms with E-state index in [1.807, 2.05) is 6.92 Å². The van der Waals surface area contributed by atoms with Gasteiger partial charge in [-0.05, 0) is 6.42 Å². The first-order valence-corrected chi connectivity index (χ1v) is 6.35. The lowest BCUT2D eigenvalue weighted by molar-refractivity contribution is -0.151. The molecule has 0 aliphatic carbocycles. The van der Waals surface area contributed by atoms with Crippen LogP contribution in [0.4, 0.5) is 0 Å².